The van der Waals surface area contributed by atoms with Gasteiger partial charge in [0.25, 0.3) is 11.8 Å². The summed E-state index contributed by atoms with van der Waals surface area (Å²) in [5, 5.41) is 7.25. The molecule has 2 aromatic carbocycles. The molecule has 202 valence electrons. The van der Waals surface area contributed by atoms with Crippen LogP contribution in [0, 0.1) is 19.7 Å². The van der Waals surface area contributed by atoms with Crippen LogP contribution in [0.5, 0.6) is 0 Å². The molecular formula is C31H27FN4O2S2. The second kappa shape index (κ2) is 10.9. The van der Waals surface area contributed by atoms with Gasteiger partial charge in [-0.1, -0.05) is 18.2 Å². The minimum absolute atomic E-state index is 0.0969. The second-order valence-corrected chi connectivity index (χ2v) is 11.9. The quantitative estimate of drug-likeness (QED) is 0.247. The van der Waals surface area contributed by atoms with E-state index in [2.05, 4.69) is 20.2 Å². The number of hydrogen-bond acceptors (Lipinski definition) is 5. The first-order valence-corrected chi connectivity index (χ1v) is 14.8. The molecular weight excluding hydrogens is 543 g/mol. The maximum atomic E-state index is 13.7. The molecule has 1 saturated heterocycles. The first-order valence-electron chi connectivity index (χ1n) is 13.1. The normalized spacial score (nSPS) is 16.8. The number of aliphatic imine (C=N–C) groups is 1. The van der Waals surface area contributed by atoms with E-state index in [-0.39, 0.29) is 17.6 Å². The largest absolute Gasteiger partial charge is 0.322 e. The number of halogens is 1. The van der Waals surface area contributed by atoms with Crippen molar-refractivity contribution in [2.24, 2.45) is 4.99 Å². The van der Waals surface area contributed by atoms with E-state index in [1.165, 1.54) is 28.8 Å². The Morgan fingerprint density at radius 2 is 1.82 bits per heavy atom. The molecule has 0 atom stereocenters. The molecule has 0 bridgehead atoms. The molecule has 2 aliphatic rings. The number of benzene rings is 2. The fraction of sp³-hybridized carbons (Fsp3) is 0.194. The van der Waals surface area contributed by atoms with Crippen molar-refractivity contribution in [3.8, 4) is 5.00 Å². The predicted octanol–water partition coefficient (Wildman–Crippen LogP) is 7.32. The molecule has 2 aromatic heterocycles. The maximum Gasteiger partial charge on any atom is 0.264 e. The number of thioether (sulfide) groups is 1. The van der Waals surface area contributed by atoms with Gasteiger partial charge in [-0.3, -0.25) is 9.59 Å². The van der Waals surface area contributed by atoms with Crippen LogP contribution in [0.25, 0.3) is 11.1 Å². The second-order valence-electron chi connectivity index (χ2n) is 9.83. The van der Waals surface area contributed by atoms with Crippen molar-refractivity contribution < 1.29 is 14.0 Å². The van der Waals surface area contributed by atoms with E-state index in [0.29, 0.717) is 15.8 Å². The molecule has 0 saturated carbocycles. The smallest absolute Gasteiger partial charge is 0.264 e. The third-order valence-electron chi connectivity index (χ3n) is 7.08. The number of aromatic nitrogens is 1. The van der Waals surface area contributed by atoms with Gasteiger partial charge in [0.05, 0.1) is 16.2 Å². The van der Waals surface area contributed by atoms with Gasteiger partial charge in [0, 0.05) is 22.0 Å². The summed E-state index contributed by atoms with van der Waals surface area (Å²) in [5.41, 5.74) is 6.06. The number of amidine groups is 1. The van der Waals surface area contributed by atoms with Crippen LogP contribution in [0.3, 0.4) is 0 Å². The maximum absolute atomic E-state index is 13.7. The van der Waals surface area contributed by atoms with Gasteiger partial charge in [-0.15, -0.1) is 11.3 Å². The Balaban J connectivity index is 1.35. The molecule has 2 amide bonds. The van der Waals surface area contributed by atoms with Gasteiger partial charge in [0.1, 0.15) is 10.8 Å². The number of carbonyl (C=O) groups excluding carboxylic acids is 2. The average molecular weight is 571 g/mol. The Bertz CT molecular complexity index is 1680. The molecule has 2 N–H and O–H groups in total. The predicted molar refractivity (Wildman–Crippen MR) is 161 cm³/mol. The number of para-hydroxylation sites is 1. The molecule has 1 aliphatic heterocycles. The van der Waals surface area contributed by atoms with Crippen molar-refractivity contribution >= 4 is 57.5 Å². The summed E-state index contributed by atoms with van der Waals surface area (Å²) in [6.07, 6.45) is 5.94. The summed E-state index contributed by atoms with van der Waals surface area (Å²) < 4.78 is 15.4. The molecule has 3 heterocycles. The summed E-state index contributed by atoms with van der Waals surface area (Å²) >= 11 is 2.94. The Hall–Kier alpha value is -3.95. The molecule has 6 nitrogen and oxygen atoms in total. The molecule has 0 spiro atoms. The Labute approximate surface area is 240 Å². The van der Waals surface area contributed by atoms with Crippen LogP contribution in [0.4, 0.5) is 15.8 Å². The summed E-state index contributed by atoms with van der Waals surface area (Å²) in [4.78, 5) is 32.7. The minimum atomic E-state index is -0.338. The summed E-state index contributed by atoms with van der Waals surface area (Å²) in [5.74, 6) is -0.666. The van der Waals surface area contributed by atoms with Crippen LogP contribution in [-0.2, 0) is 17.6 Å². The van der Waals surface area contributed by atoms with Crippen molar-refractivity contribution in [3.05, 3.63) is 104 Å². The van der Waals surface area contributed by atoms with Crippen LogP contribution in [0.2, 0.25) is 0 Å². The van der Waals surface area contributed by atoms with Gasteiger partial charge in [0.2, 0.25) is 0 Å². The minimum Gasteiger partial charge on any atom is -0.322 e. The molecule has 9 heteroatoms. The van der Waals surface area contributed by atoms with Gasteiger partial charge >= 0.3 is 0 Å². The lowest BCUT2D eigenvalue weighted by atomic mass is 9.95. The van der Waals surface area contributed by atoms with E-state index < -0.39 is 0 Å². The first kappa shape index (κ1) is 26.3. The van der Waals surface area contributed by atoms with Crippen LogP contribution in [-0.4, -0.2) is 21.5 Å². The lowest BCUT2D eigenvalue weighted by molar-refractivity contribution is -0.115. The molecule has 4 aromatic rings. The highest BCUT2D eigenvalue weighted by Gasteiger charge is 2.29. The highest BCUT2D eigenvalue weighted by atomic mass is 32.2. The Kier molecular flexibility index (Phi) is 7.16. The van der Waals surface area contributed by atoms with E-state index in [9.17, 15) is 14.0 Å². The number of aryl methyl sites for hydroxylation is 2. The highest BCUT2D eigenvalue weighted by molar-refractivity contribution is 8.18. The zero-order chi connectivity index (χ0) is 27.8. The van der Waals surface area contributed by atoms with Crippen molar-refractivity contribution in [2.45, 2.75) is 39.5 Å². The number of nitrogens with one attached hydrogen (secondary N) is 2. The number of amides is 2. The van der Waals surface area contributed by atoms with Gasteiger partial charge < -0.3 is 15.2 Å². The summed E-state index contributed by atoms with van der Waals surface area (Å²) in [6.45, 7) is 4.04. The van der Waals surface area contributed by atoms with Crippen LogP contribution < -0.4 is 10.6 Å². The van der Waals surface area contributed by atoms with Crippen LogP contribution in [0.1, 0.15) is 50.6 Å². The Morgan fingerprint density at radius 1 is 1.07 bits per heavy atom. The molecule has 0 unspecified atom stereocenters. The summed E-state index contributed by atoms with van der Waals surface area (Å²) in [7, 11) is 0. The van der Waals surface area contributed by atoms with Crippen LogP contribution in [0.15, 0.2) is 70.6 Å². The average Bonchev–Trinajstić information content (AvgIpc) is 3.58. The number of thiophene rings is 1. The third-order valence-corrected chi connectivity index (χ3v) is 9.27. The van der Waals surface area contributed by atoms with Crippen molar-refractivity contribution in [2.75, 3.05) is 5.32 Å². The van der Waals surface area contributed by atoms with Gasteiger partial charge in [0.15, 0.2) is 5.17 Å². The van der Waals surface area contributed by atoms with Gasteiger partial charge in [-0.05, 0) is 111 Å². The number of anilines is 1. The fourth-order valence-electron chi connectivity index (χ4n) is 5.16. The van der Waals surface area contributed by atoms with E-state index in [0.717, 1.165) is 64.4 Å². The lowest BCUT2D eigenvalue weighted by Crippen LogP contribution is -2.19. The molecule has 1 aliphatic carbocycles. The SMILES string of the molecule is Cc1cc(/C=C2\SC(=Nc3ccc(F)cc3)NC2=O)c(C)n1-c1sc2c(c1C(=O)Nc1ccccc1)CCCC2. The van der Waals surface area contributed by atoms with E-state index in [1.807, 2.05) is 56.3 Å². The molecule has 40 heavy (non-hydrogen) atoms. The van der Waals surface area contributed by atoms with Crippen LogP contribution >= 0.6 is 23.1 Å². The number of carbonyl (C=O) groups is 2. The molecule has 0 radical (unpaired) electrons. The topological polar surface area (TPSA) is 75.5 Å². The van der Waals surface area contributed by atoms with Crippen molar-refractivity contribution in [1.29, 1.82) is 0 Å². The summed E-state index contributed by atoms with van der Waals surface area (Å²) in [6, 6.07) is 17.4. The van der Waals surface area contributed by atoms with Gasteiger partial charge in [-0.25, -0.2) is 9.38 Å². The standard InChI is InChI=1S/C31H27FN4O2S2/c1-18-16-20(17-26-28(37)35-31(40-26)34-23-14-12-21(32)13-15-23)19(2)36(18)30-27(24-10-6-7-11-25(24)39-30)29(38)33-22-8-4-3-5-9-22/h3-5,8-9,12-17H,6-7,10-11H2,1-2H3,(H,33,38)(H,34,35,37)/b26-17-. The number of hydrogen-bond donors (Lipinski definition) is 2. The zero-order valence-electron chi connectivity index (χ0n) is 22.1. The van der Waals surface area contributed by atoms with E-state index >= 15 is 0 Å². The Morgan fingerprint density at radius 3 is 2.60 bits per heavy atom. The first-order chi connectivity index (χ1) is 19.4. The molecule has 1 fully saturated rings. The lowest BCUT2D eigenvalue weighted by Gasteiger charge is -2.14. The van der Waals surface area contributed by atoms with Gasteiger partial charge in [-0.2, -0.15) is 0 Å². The molecule has 6 rings (SSSR count). The zero-order valence-corrected chi connectivity index (χ0v) is 23.7. The van der Waals surface area contributed by atoms with Crippen molar-refractivity contribution in [1.82, 2.24) is 9.88 Å². The highest BCUT2D eigenvalue weighted by Crippen LogP contribution is 2.40. The third kappa shape index (κ3) is 5.14. The van der Waals surface area contributed by atoms with E-state index in [4.69, 9.17) is 0 Å². The number of fused-ring (bicyclic) bond motifs is 1. The number of rotatable bonds is 5. The van der Waals surface area contributed by atoms with Crippen molar-refractivity contribution in [3.63, 3.8) is 0 Å². The van der Waals surface area contributed by atoms with E-state index in [1.54, 1.807) is 23.5 Å². The monoisotopic (exact) mass is 570 g/mol. The number of nitrogens with zero attached hydrogens (tertiary/aromatic N) is 2. The fourth-order valence-corrected chi connectivity index (χ4v) is 7.49.